The minimum absolute atomic E-state index is 0.189. The van der Waals surface area contributed by atoms with Gasteiger partial charge >= 0.3 is 0 Å². The maximum absolute atomic E-state index is 13.5. The lowest BCUT2D eigenvalue weighted by Gasteiger charge is -2.25. The molecule has 0 fully saturated rings. The number of hydrazone groups is 1. The lowest BCUT2D eigenvalue weighted by atomic mass is 9.98. The molecule has 0 saturated heterocycles. The highest BCUT2D eigenvalue weighted by Gasteiger charge is 2.40. The third-order valence-electron chi connectivity index (χ3n) is 6.07. The van der Waals surface area contributed by atoms with Crippen molar-refractivity contribution < 1.29 is 19.1 Å². The maximum Gasteiger partial charge on any atom is 0.299 e. The average molecular weight is 508 g/mol. The molecule has 1 atom stereocenters. The standard InChI is InChI=1S/C26H19Cl2N3O4/c1-35-19-9-4-16(5-10-19)23-13-21(15-2-6-17(27)7-3-15)29-31(23)24(32)14-30-22-11-8-18(28)12-20(22)25(33)26(30)34/h2-12,23H,13-14H2,1H3. The van der Waals surface area contributed by atoms with E-state index in [0.717, 1.165) is 11.1 Å². The summed E-state index contributed by atoms with van der Waals surface area (Å²) in [7, 11) is 1.58. The fourth-order valence-corrected chi connectivity index (χ4v) is 4.58. The van der Waals surface area contributed by atoms with Gasteiger partial charge in [-0.1, -0.05) is 47.5 Å². The van der Waals surface area contributed by atoms with Gasteiger partial charge in [0, 0.05) is 16.5 Å². The van der Waals surface area contributed by atoms with E-state index in [1.807, 2.05) is 36.4 Å². The van der Waals surface area contributed by atoms with Crippen molar-refractivity contribution in [1.29, 1.82) is 0 Å². The van der Waals surface area contributed by atoms with Crippen molar-refractivity contribution in [2.45, 2.75) is 12.5 Å². The molecule has 2 aliphatic heterocycles. The van der Waals surface area contributed by atoms with Gasteiger partial charge in [-0.25, -0.2) is 5.01 Å². The van der Waals surface area contributed by atoms with E-state index in [1.54, 1.807) is 31.4 Å². The first-order chi connectivity index (χ1) is 16.9. The summed E-state index contributed by atoms with van der Waals surface area (Å²) in [4.78, 5) is 39.8. The molecule has 0 bridgehead atoms. The van der Waals surface area contributed by atoms with Gasteiger partial charge in [0.05, 0.1) is 30.1 Å². The van der Waals surface area contributed by atoms with Crippen molar-refractivity contribution in [2.24, 2.45) is 5.10 Å². The number of carbonyl (C=O) groups excluding carboxylic acids is 3. The Labute approximate surface area is 211 Å². The number of halogens is 2. The number of ketones is 1. The largest absolute Gasteiger partial charge is 0.497 e. The van der Waals surface area contributed by atoms with E-state index in [0.29, 0.717) is 33.6 Å². The van der Waals surface area contributed by atoms with Gasteiger partial charge < -0.3 is 4.74 Å². The van der Waals surface area contributed by atoms with Gasteiger partial charge in [0.2, 0.25) is 0 Å². The van der Waals surface area contributed by atoms with Gasteiger partial charge in [-0.15, -0.1) is 0 Å². The molecule has 0 N–H and O–H groups in total. The molecule has 0 aliphatic carbocycles. The predicted molar refractivity (Wildman–Crippen MR) is 133 cm³/mol. The summed E-state index contributed by atoms with van der Waals surface area (Å²) in [5, 5.41) is 6.95. The van der Waals surface area contributed by atoms with Crippen LogP contribution in [0.3, 0.4) is 0 Å². The van der Waals surface area contributed by atoms with Crippen LogP contribution in [0.5, 0.6) is 5.75 Å². The number of hydrogen-bond donors (Lipinski definition) is 0. The quantitative estimate of drug-likeness (QED) is 0.459. The Morgan fingerprint density at radius 2 is 1.69 bits per heavy atom. The molecule has 7 nitrogen and oxygen atoms in total. The van der Waals surface area contributed by atoms with Crippen LogP contribution in [0, 0.1) is 0 Å². The fraction of sp³-hybridized carbons (Fsp3) is 0.154. The molecule has 2 heterocycles. The Balaban J connectivity index is 1.47. The van der Waals surface area contributed by atoms with Crippen molar-refractivity contribution >= 4 is 52.2 Å². The minimum Gasteiger partial charge on any atom is -0.497 e. The number of methoxy groups -OCH3 is 1. The zero-order valence-corrected chi connectivity index (χ0v) is 20.1. The van der Waals surface area contributed by atoms with Crippen LogP contribution in [0.2, 0.25) is 10.0 Å². The van der Waals surface area contributed by atoms with E-state index in [2.05, 4.69) is 5.10 Å². The molecule has 2 amide bonds. The highest BCUT2D eigenvalue weighted by atomic mass is 35.5. The van der Waals surface area contributed by atoms with Crippen molar-refractivity contribution in [1.82, 2.24) is 5.01 Å². The van der Waals surface area contributed by atoms with Crippen LogP contribution in [0.25, 0.3) is 0 Å². The number of Topliss-reactive ketones (excluding diaryl/α,β-unsaturated/α-hetero) is 1. The number of hydrogen-bond acceptors (Lipinski definition) is 5. The number of amides is 2. The van der Waals surface area contributed by atoms with E-state index in [9.17, 15) is 14.4 Å². The molecule has 9 heteroatoms. The number of fused-ring (bicyclic) bond motifs is 1. The maximum atomic E-state index is 13.5. The highest BCUT2D eigenvalue weighted by molar-refractivity contribution is 6.53. The Morgan fingerprint density at radius 3 is 2.37 bits per heavy atom. The normalized spacial score (nSPS) is 17.0. The highest BCUT2D eigenvalue weighted by Crippen LogP contribution is 2.36. The molecule has 0 spiro atoms. The molecule has 3 aromatic carbocycles. The Morgan fingerprint density at radius 1 is 1.00 bits per heavy atom. The number of ether oxygens (including phenoxy) is 1. The van der Waals surface area contributed by atoms with Crippen LogP contribution < -0.4 is 9.64 Å². The summed E-state index contributed by atoms with van der Waals surface area (Å²) in [6, 6.07) is 18.8. The van der Waals surface area contributed by atoms with Crippen LogP contribution in [0.4, 0.5) is 5.69 Å². The smallest absolute Gasteiger partial charge is 0.299 e. The van der Waals surface area contributed by atoms with Crippen molar-refractivity contribution in [3.63, 3.8) is 0 Å². The first-order valence-corrected chi connectivity index (χ1v) is 11.6. The van der Waals surface area contributed by atoms with E-state index in [4.69, 9.17) is 27.9 Å². The SMILES string of the molecule is COc1ccc(C2CC(c3ccc(Cl)cc3)=NN2C(=O)CN2C(=O)C(=O)c3cc(Cl)ccc32)cc1. The molecule has 5 rings (SSSR count). The van der Waals surface area contributed by atoms with Crippen LogP contribution in [0.1, 0.15) is 33.9 Å². The van der Waals surface area contributed by atoms with Gasteiger partial charge in [-0.2, -0.15) is 5.10 Å². The van der Waals surface area contributed by atoms with Gasteiger partial charge in [0.1, 0.15) is 12.3 Å². The molecule has 0 saturated carbocycles. The third kappa shape index (κ3) is 4.29. The molecule has 2 aliphatic rings. The first-order valence-electron chi connectivity index (χ1n) is 10.8. The average Bonchev–Trinajstić information content (AvgIpc) is 3.41. The summed E-state index contributed by atoms with van der Waals surface area (Å²) >= 11 is 12.0. The van der Waals surface area contributed by atoms with Crippen LogP contribution >= 0.6 is 23.2 Å². The monoisotopic (exact) mass is 507 g/mol. The van der Waals surface area contributed by atoms with E-state index >= 15 is 0 Å². The zero-order valence-electron chi connectivity index (χ0n) is 18.6. The molecule has 35 heavy (non-hydrogen) atoms. The Kier molecular flexibility index (Phi) is 6.05. The molecular weight excluding hydrogens is 489 g/mol. The van der Waals surface area contributed by atoms with Gasteiger partial charge in [-0.05, 0) is 53.6 Å². The number of rotatable bonds is 5. The Bertz CT molecular complexity index is 1370. The van der Waals surface area contributed by atoms with Crippen LogP contribution in [0.15, 0.2) is 71.8 Å². The fourth-order valence-electron chi connectivity index (χ4n) is 4.28. The lowest BCUT2D eigenvalue weighted by Crippen LogP contribution is -2.40. The molecular formula is C26H19Cl2N3O4. The second-order valence-corrected chi connectivity index (χ2v) is 9.04. The number of benzene rings is 3. The summed E-state index contributed by atoms with van der Waals surface area (Å²) < 4.78 is 5.25. The predicted octanol–water partition coefficient (Wildman–Crippen LogP) is 4.91. The minimum atomic E-state index is -0.766. The van der Waals surface area contributed by atoms with Crippen molar-refractivity contribution in [3.05, 3.63) is 93.5 Å². The Hall–Kier alpha value is -3.68. The van der Waals surface area contributed by atoms with Crippen molar-refractivity contribution in [3.8, 4) is 5.75 Å². The van der Waals surface area contributed by atoms with Gasteiger partial charge in [0.15, 0.2) is 0 Å². The van der Waals surface area contributed by atoms with Gasteiger partial charge in [0.25, 0.3) is 17.6 Å². The second-order valence-electron chi connectivity index (χ2n) is 8.17. The second kappa shape index (κ2) is 9.17. The number of nitrogens with zero attached hydrogens (tertiary/aromatic N) is 3. The van der Waals surface area contributed by atoms with Crippen LogP contribution in [-0.2, 0) is 9.59 Å². The van der Waals surface area contributed by atoms with Gasteiger partial charge in [-0.3, -0.25) is 19.3 Å². The molecule has 3 aromatic rings. The summed E-state index contributed by atoms with van der Waals surface area (Å²) in [6.45, 7) is -0.330. The summed E-state index contributed by atoms with van der Waals surface area (Å²) in [5.74, 6) is -1.18. The first kappa shape index (κ1) is 23.1. The lowest BCUT2D eigenvalue weighted by molar-refractivity contribution is -0.132. The summed E-state index contributed by atoms with van der Waals surface area (Å²) in [5.41, 5.74) is 2.97. The van der Waals surface area contributed by atoms with E-state index < -0.39 is 23.6 Å². The molecule has 1 unspecified atom stereocenters. The number of anilines is 1. The third-order valence-corrected chi connectivity index (χ3v) is 6.56. The molecule has 176 valence electrons. The van der Waals surface area contributed by atoms with E-state index in [1.165, 1.54) is 16.0 Å². The van der Waals surface area contributed by atoms with E-state index in [-0.39, 0.29) is 12.1 Å². The van der Waals surface area contributed by atoms with Crippen LogP contribution in [-0.4, -0.2) is 42.0 Å². The molecule has 0 aromatic heterocycles. The topological polar surface area (TPSA) is 79.3 Å². The number of carbonyl (C=O) groups is 3. The summed E-state index contributed by atoms with van der Waals surface area (Å²) in [6.07, 6.45) is 0.471. The molecule has 0 radical (unpaired) electrons. The zero-order chi connectivity index (χ0) is 24.7. The van der Waals surface area contributed by atoms with Crippen molar-refractivity contribution in [2.75, 3.05) is 18.6 Å².